The molecule has 16 heteroatoms. The Morgan fingerprint density at radius 2 is 1.20 bits per heavy atom. The number of likely N-dealkylation sites (tertiary alicyclic amines) is 2. The number of amides is 4. The normalized spacial score (nSPS) is 19.3. The van der Waals surface area contributed by atoms with Crippen LogP contribution in [0.4, 0.5) is 9.59 Å². The summed E-state index contributed by atoms with van der Waals surface area (Å²) >= 11 is 0. The van der Waals surface area contributed by atoms with E-state index in [1.54, 1.807) is 11.1 Å². The van der Waals surface area contributed by atoms with Crippen molar-refractivity contribution in [2.45, 2.75) is 96.7 Å². The molecule has 3 aliphatic rings. The van der Waals surface area contributed by atoms with Gasteiger partial charge in [-0.15, -0.1) is 0 Å². The molecular formula is C45H58N8O8. The fourth-order valence-electron chi connectivity index (χ4n) is 8.50. The third-order valence-corrected chi connectivity index (χ3v) is 11.8. The lowest BCUT2D eigenvalue weighted by molar-refractivity contribution is -0.177. The average molecular weight is 839 g/mol. The quantitative estimate of drug-likeness (QED) is 0.115. The number of rotatable bonds is 13. The van der Waals surface area contributed by atoms with Crippen molar-refractivity contribution in [1.82, 2.24) is 40.4 Å². The first-order valence-electron chi connectivity index (χ1n) is 21.3. The first kappa shape index (κ1) is 43.4. The standard InChI is InChI=1S/C45H58N8O8/c1-26(2)37(50-44(56)58-5)42(54)52-20-7-10-34(52)40-46-25-33(48-40)30-16-12-28(13-17-30)29-14-18-31(19-15-29)39-32(24-36-60-22-9-23-61-36)47-41(49-39)35-11-8-21-53(35)43(55)38(27(3)4)51-45(57)59-6/h12-19,25-27,34-38H,7-11,20-24H2,1-6H3,(H,46,48)(H,47,49)(H,50,56)(H,51,57)/t34-,35-,37?,38-/m0/s1. The number of imidazole rings is 2. The molecule has 3 aliphatic heterocycles. The third-order valence-electron chi connectivity index (χ3n) is 11.8. The largest absolute Gasteiger partial charge is 0.453 e. The van der Waals surface area contributed by atoms with Gasteiger partial charge in [0.2, 0.25) is 11.8 Å². The number of benzene rings is 2. The minimum Gasteiger partial charge on any atom is -0.453 e. The summed E-state index contributed by atoms with van der Waals surface area (Å²) in [6, 6.07) is 14.6. The molecule has 16 nitrogen and oxygen atoms in total. The summed E-state index contributed by atoms with van der Waals surface area (Å²) in [6.07, 6.45) is 4.56. The van der Waals surface area contributed by atoms with Crippen molar-refractivity contribution in [2.24, 2.45) is 11.8 Å². The van der Waals surface area contributed by atoms with E-state index in [0.29, 0.717) is 44.4 Å². The zero-order valence-electron chi connectivity index (χ0n) is 35.9. The molecule has 0 bridgehead atoms. The third kappa shape index (κ3) is 9.75. The number of nitrogens with zero attached hydrogens (tertiary/aromatic N) is 4. The van der Waals surface area contributed by atoms with Crippen LogP contribution in [-0.2, 0) is 35.0 Å². The highest BCUT2D eigenvalue weighted by atomic mass is 16.7. The van der Waals surface area contributed by atoms with Crippen LogP contribution < -0.4 is 10.6 Å². The molecule has 7 rings (SSSR count). The smallest absolute Gasteiger partial charge is 0.407 e. The predicted molar refractivity (Wildman–Crippen MR) is 227 cm³/mol. The fourth-order valence-corrected chi connectivity index (χ4v) is 8.50. The van der Waals surface area contributed by atoms with Crippen molar-refractivity contribution in [3.63, 3.8) is 0 Å². The van der Waals surface area contributed by atoms with Crippen molar-refractivity contribution in [3.05, 3.63) is 72.1 Å². The van der Waals surface area contributed by atoms with Crippen LogP contribution >= 0.6 is 0 Å². The summed E-state index contributed by atoms with van der Waals surface area (Å²) in [7, 11) is 2.58. The van der Waals surface area contributed by atoms with Gasteiger partial charge in [-0.1, -0.05) is 76.2 Å². The number of carbonyl (C=O) groups is 4. The van der Waals surface area contributed by atoms with E-state index >= 15 is 0 Å². The molecule has 3 saturated heterocycles. The topological polar surface area (TPSA) is 193 Å². The molecule has 0 spiro atoms. The Morgan fingerprint density at radius 1 is 0.705 bits per heavy atom. The molecule has 2 aromatic carbocycles. The van der Waals surface area contributed by atoms with Gasteiger partial charge in [0.05, 0.1) is 62.8 Å². The van der Waals surface area contributed by atoms with Crippen molar-refractivity contribution in [2.75, 3.05) is 40.5 Å². The Hall–Kier alpha value is -5.74. The van der Waals surface area contributed by atoms with Gasteiger partial charge in [-0.2, -0.15) is 0 Å². The number of carbonyl (C=O) groups excluding carboxylic acids is 4. The zero-order valence-corrected chi connectivity index (χ0v) is 35.9. The van der Waals surface area contributed by atoms with Crippen LogP contribution in [0, 0.1) is 11.8 Å². The second-order valence-electron chi connectivity index (χ2n) is 16.6. The molecule has 4 atom stereocenters. The SMILES string of the molecule is COC(=O)NC(C(=O)N1CCC[C@H]1c1ncc(-c2ccc(-c3ccc(-c4[nH]c([C@@H]5CCCN5C(=O)[C@@H](NC(=O)OC)C(C)C)nc4CC4OCCCO4)cc3)cc2)[nH]1)C(C)C. The maximum atomic E-state index is 13.9. The molecule has 4 aromatic rings. The number of ether oxygens (including phenoxy) is 4. The van der Waals surface area contributed by atoms with Gasteiger partial charge in [0.25, 0.3) is 0 Å². The molecule has 61 heavy (non-hydrogen) atoms. The van der Waals surface area contributed by atoms with Crippen molar-refractivity contribution >= 4 is 24.0 Å². The van der Waals surface area contributed by atoms with Crippen LogP contribution in [0.3, 0.4) is 0 Å². The first-order chi connectivity index (χ1) is 29.4. The number of aromatic nitrogens is 4. The molecule has 2 aromatic heterocycles. The second-order valence-corrected chi connectivity index (χ2v) is 16.6. The Labute approximate surface area is 356 Å². The Kier molecular flexibility index (Phi) is 13.7. The summed E-state index contributed by atoms with van der Waals surface area (Å²) < 4.78 is 21.4. The van der Waals surface area contributed by atoms with Crippen LogP contribution in [0.2, 0.25) is 0 Å². The number of methoxy groups -OCH3 is 2. The molecule has 4 amide bonds. The van der Waals surface area contributed by atoms with Crippen LogP contribution in [-0.4, -0.2) is 113 Å². The van der Waals surface area contributed by atoms with E-state index in [1.165, 1.54) is 14.2 Å². The van der Waals surface area contributed by atoms with E-state index in [2.05, 4.69) is 69.1 Å². The Morgan fingerprint density at radius 3 is 1.70 bits per heavy atom. The van der Waals surface area contributed by atoms with E-state index in [4.69, 9.17) is 28.9 Å². The van der Waals surface area contributed by atoms with Gasteiger partial charge < -0.3 is 49.3 Å². The number of hydrogen-bond acceptors (Lipinski definition) is 10. The van der Waals surface area contributed by atoms with Crippen LogP contribution in [0.25, 0.3) is 33.6 Å². The van der Waals surface area contributed by atoms with Gasteiger partial charge in [0.1, 0.15) is 23.7 Å². The van der Waals surface area contributed by atoms with Crippen molar-refractivity contribution in [1.29, 1.82) is 0 Å². The van der Waals surface area contributed by atoms with E-state index in [9.17, 15) is 19.2 Å². The lowest BCUT2D eigenvalue weighted by Crippen LogP contribution is -2.51. The summed E-state index contributed by atoms with van der Waals surface area (Å²) in [4.78, 5) is 72.1. The van der Waals surface area contributed by atoms with Gasteiger partial charge in [0, 0.05) is 19.5 Å². The maximum absolute atomic E-state index is 13.9. The zero-order chi connectivity index (χ0) is 43.2. The number of alkyl carbamates (subject to hydrolysis) is 2. The number of hydrogen-bond donors (Lipinski definition) is 4. The molecule has 0 saturated carbocycles. The first-order valence-corrected chi connectivity index (χ1v) is 21.3. The highest BCUT2D eigenvalue weighted by Gasteiger charge is 2.39. The predicted octanol–water partition coefficient (Wildman–Crippen LogP) is 6.53. The van der Waals surface area contributed by atoms with Gasteiger partial charge in [-0.05, 0) is 66.2 Å². The fraction of sp³-hybridized carbons (Fsp3) is 0.511. The van der Waals surface area contributed by atoms with Crippen molar-refractivity contribution in [3.8, 4) is 33.6 Å². The van der Waals surface area contributed by atoms with E-state index < -0.39 is 30.6 Å². The van der Waals surface area contributed by atoms with Gasteiger partial charge in [-0.3, -0.25) is 9.59 Å². The molecule has 0 radical (unpaired) electrons. The molecule has 3 fully saturated rings. The lowest BCUT2D eigenvalue weighted by atomic mass is 10.00. The molecular weight excluding hydrogens is 781 g/mol. The number of H-pyrrole nitrogens is 2. The number of aromatic amines is 2. The minimum absolute atomic E-state index is 0.114. The number of nitrogens with one attached hydrogen (secondary N) is 4. The highest BCUT2D eigenvalue weighted by Crippen LogP contribution is 2.36. The molecule has 326 valence electrons. The second kappa shape index (κ2) is 19.3. The van der Waals surface area contributed by atoms with E-state index in [1.807, 2.05) is 32.6 Å². The molecule has 0 aliphatic carbocycles. The van der Waals surface area contributed by atoms with E-state index in [-0.39, 0.29) is 35.7 Å². The van der Waals surface area contributed by atoms with Gasteiger partial charge in [-0.25, -0.2) is 19.6 Å². The van der Waals surface area contributed by atoms with E-state index in [0.717, 1.165) is 71.4 Å². The van der Waals surface area contributed by atoms with Crippen molar-refractivity contribution < 1.29 is 38.1 Å². The van der Waals surface area contributed by atoms with Gasteiger partial charge >= 0.3 is 12.2 Å². The Bertz CT molecular complexity index is 2140. The highest BCUT2D eigenvalue weighted by molar-refractivity contribution is 5.87. The van der Waals surface area contributed by atoms with Gasteiger partial charge in [0.15, 0.2) is 6.29 Å². The average Bonchev–Trinajstić information content (AvgIpc) is 4.11. The Balaban J connectivity index is 1.08. The summed E-state index contributed by atoms with van der Waals surface area (Å²) in [5, 5.41) is 5.42. The lowest BCUT2D eigenvalue weighted by Gasteiger charge is -2.30. The monoisotopic (exact) mass is 838 g/mol. The summed E-state index contributed by atoms with van der Waals surface area (Å²) in [6.45, 7) is 9.99. The van der Waals surface area contributed by atoms with Crippen LogP contribution in [0.1, 0.15) is 89.2 Å². The molecule has 1 unspecified atom stereocenters. The van der Waals surface area contributed by atoms with Crippen LogP contribution in [0.15, 0.2) is 54.7 Å². The summed E-state index contributed by atoms with van der Waals surface area (Å²) in [5.41, 5.74) is 6.47. The van der Waals surface area contributed by atoms with Crippen LogP contribution in [0.5, 0.6) is 0 Å². The minimum atomic E-state index is -0.730. The molecule has 4 N–H and O–H groups in total. The summed E-state index contributed by atoms with van der Waals surface area (Å²) in [5.74, 6) is 0.840. The molecule has 5 heterocycles. The maximum Gasteiger partial charge on any atom is 0.407 e.